The van der Waals surface area contributed by atoms with Crippen molar-refractivity contribution in [2.75, 3.05) is 6.61 Å². The minimum Gasteiger partial charge on any atom is -0.394 e. The Labute approximate surface area is 87.7 Å². The average Bonchev–Trinajstić information content (AvgIpc) is 2.24. The minimum atomic E-state index is -2.47. The number of aliphatic hydroxyl groups excluding tert-OH is 4. The van der Waals surface area contributed by atoms with Crippen LogP contribution in [0.4, 0.5) is 0 Å². The highest BCUT2D eigenvalue weighted by Gasteiger charge is 2.31. The molecule has 0 aliphatic carbocycles. The van der Waals surface area contributed by atoms with Gasteiger partial charge in [-0.2, -0.15) is 0 Å². The summed E-state index contributed by atoms with van der Waals surface area (Å²) in [6.45, 7) is 0.168. The molecule has 0 radical (unpaired) electrons. The molecule has 7 nitrogen and oxygen atoms in total. The first kappa shape index (κ1) is 12.1. The predicted molar refractivity (Wildman–Crippen MR) is 48.8 cm³/mol. The van der Waals surface area contributed by atoms with Gasteiger partial charge in [0.15, 0.2) is 0 Å². The van der Waals surface area contributed by atoms with Gasteiger partial charge in [0.25, 0.3) is 0 Å². The van der Waals surface area contributed by atoms with Gasteiger partial charge in [0.1, 0.15) is 30.6 Å². The Morgan fingerprint density at radius 2 is 2.00 bits per heavy atom. The van der Waals surface area contributed by atoms with Crippen LogP contribution in [0.5, 0.6) is 0 Å². The molecule has 0 saturated carbocycles. The van der Waals surface area contributed by atoms with E-state index in [0.717, 1.165) is 6.92 Å². The van der Waals surface area contributed by atoms with Crippen LogP contribution in [0.25, 0.3) is 0 Å². The van der Waals surface area contributed by atoms with E-state index in [0.29, 0.717) is 0 Å². The Bertz CT molecular complexity index is 263. The predicted octanol–water partition coefficient (Wildman–Crippen LogP) is -3.23. The number of hydrogen-bond donors (Lipinski definition) is 5. The van der Waals surface area contributed by atoms with Gasteiger partial charge >= 0.3 is 0 Å². The van der Waals surface area contributed by atoms with Crippen LogP contribution in [-0.4, -0.2) is 63.6 Å². The van der Waals surface area contributed by atoms with Gasteiger partial charge in [0, 0.05) is 6.92 Å². The van der Waals surface area contributed by atoms with Crippen LogP contribution in [0, 0.1) is 0 Å². The van der Waals surface area contributed by atoms with E-state index < -0.39 is 36.8 Å². The van der Waals surface area contributed by atoms with Crippen molar-refractivity contribution in [3.05, 3.63) is 0 Å². The van der Waals surface area contributed by atoms with Gasteiger partial charge in [0.05, 0.1) is 7.98 Å². The Balaban J connectivity index is 4.81. The molecule has 0 aliphatic heterocycles. The molecule has 0 aromatic rings. The standard InChI is InChI=1S/C8H15NO6/c1-4(12)9-5(2-10)7(14)8(15)6(13)3-11/h2,5-8,11,13-15H,3H2,1H3,(H,9,12)/t5-,6-,7-,8-/m1/s1/i5T. The van der Waals surface area contributed by atoms with Crippen molar-refractivity contribution in [2.24, 2.45) is 0 Å². The third-order valence-corrected chi connectivity index (χ3v) is 1.67. The summed E-state index contributed by atoms with van der Waals surface area (Å²) in [7, 11) is 0. The summed E-state index contributed by atoms with van der Waals surface area (Å²) in [6.07, 6.45) is -5.78. The largest absolute Gasteiger partial charge is 0.394 e. The lowest BCUT2D eigenvalue weighted by molar-refractivity contribution is -0.129. The van der Waals surface area contributed by atoms with Crippen LogP contribution < -0.4 is 5.32 Å². The number of carbonyl (C=O) groups is 2. The molecule has 0 heterocycles. The maximum atomic E-state index is 10.7. The van der Waals surface area contributed by atoms with Crippen molar-refractivity contribution in [1.82, 2.24) is 5.32 Å². The molecule has 0 aromatic heterocycles. The minimum absolute atomic E-state index is 0.0770. The summed E-state index contributed by atoms with van der Waals surface area (Å²) in [5, 5.41) is 38.1. The van der Waals surface area contributed by atoms with Gasteiger partial charge < -0.3 is 30.5 Å². The second-order valence-electron chi connectivity index (χ2n) is 2.94. The summed E-state index contributed by atoms with van der Waals surface area (Å²) in [5.41, 5.74) is 0. The monoisotopic (exact) mass is 223 g/mol. The SMILES string of the molecule is [3H][C@](C=O)(NC(C)=O)[C@@H](O)[C@H](O)[C@H](O)CO. The number of hydrogen-bond acceptors (Lipinski definition) is 6. The first-order valence-corrected chi connectivity index (χ1v) is 4.18. The van der Waals surface area contributed by atoms with Gasteiger partial charge in [-0.15, -0.1) is 0 Å². The zero-order chi connectivity index (χ0) is 12.9. The molecule has 0 rings (SSSR count). The van der Waals surface area contributed by atoms with E-state index in [4.69, 9.17) is 11.6 Å². The molecule has 0 fully saturated rings. The van der Waals surface area contributed by atoms with Crippen LogP contribution in [0.2, 0.25) is 0 Å². The maximum absolute atomic E-state index is 10.7. The molecule has 0 saturated heterocycles. The molecule has 0 aliphatic rings. The quantitative estimate of drug-likeness (QED) is 0.301. The van der Waals surface area contributed by atoms with Gasteiger partial charge in [-0.05, 0) is 0 Å². The Morgan fingerprint density at radius 3 is 2.33 bits per heavy atom. The molecular weight excluding hydrogens is 206 g/mol. The summed E-state index contributed by atoms with van der Waals surface area (Å²) in [6, 6.07) is -2.47. The molecule has 0 aromatic carbocycles. The summed E-state index contributed by atoms with van der Waals surface area (Å²) in [4.78, 5) is 21.3. The topological polar surface area (TPSA) is 127 Å². The lowest BCUT2D eigenvalue weighted by Crippen LogP contribution is -2.53. The molecular formula is C8H15NO6. The first-order chi connectivity index (χ1) is 7.28. The van der Waals surface area contributed by atoms with E-state index in [9.17, 15) is 19.8 Å². The molecule has 15 heavy (non-hydrogen) atoms. The zero-order valence-electron chi connectivity index (χ0n) is 9.12. The fraction of sp³-hybridized carbons (Fsp3) is 0.750. The van der Waals surface area contributed by atoms with Crippen molar-refractivity contribution in [3.8, 4) is 0 Å². The van der Waals surface area contributed by atoms with Crippen LogP contribution >= 0.6 is 0 Å². The second-order valence-corrected chi connectivity index (χ2v) is 2.94. The lowest BCUT2D eigenvalue weighted by atomic mass is 10.0. The zero-order valence-corrected chi connectivity index (χ0v) is 8.12. The normalized spacial score (nSPS) is 21.8. The smallest absolute Gasteiger partial charge is 0.217 e. The molecule has 0 unspecified atom stereocenters. The number of rotatable bonds is 6. The Hall–Kier alpha value is -1.02. The summed E-state index contributed by atoms with van der Waals surface area (Å²) >= 11 is 0. The number of aliphatic hydroxyl groups is 4. The second kappa shape index (κ2) is 6.46. The van der Waals surface area contributed by atoms with Crippen molar-refractivity contribution < 1.29 is 31.4 Å². The van der Waals surface area contributed by atoms with Crippen LogP contribution in [-0.2, 0) is 9.59 Å². The number of carbonyl (C=O) groups excluding carboxylic acids is 2. The van der Waals surface area contributed by atoms with E-state index >= 15 is 0 Å². The third kappa shape index (κ3) is 4.34. The van der Waals surface area contributed by atoms with Gasteiger partial charge in [-0.1, -0.05) is 0 Å². The van der Waals surface area contributed by atoms with Gasteiger partial charge in [0.2, 0.25) is 5.91 Å². The van der Waals surface area contributed by atoms with Crippen molar-refractivity contribution >= 4 is 12.2 Å². The first-order valence-electron chi connectivity index (χ1n) is 4.68. The average molecular weight is 223 g/mol. The van der Waals surface area contributed by atoms with Crippen LogP contribution in [0.15, 0.2) is 0 Å². The van der Waals surface area contributed by atoms with E-state index in [1.165, 1.54) is 0 Å². The maximum Gasteiger partial charge on any atom is 0.217 e. The number of amides is 1. The highest BCUT2D eigenvalue weighted by atomic mass is 16.4. The van der Waals surface area contributed by atoms with Crippen molar-refractivity contribution in [3.63, 3.8) is 0 Å². The molecule has 7 heteroatoms. The van der Waals surface area contributed by atoms with Crippen molar-refractivity contribution in [2.45, 2.75) is 31.3 Å². The van der Waals surface area contributed by atoms with E-state index in [-0.39, 0.29) is 6.29 Å². The molecule has 0 spiro atoms. The van der Waals surface area contributed by atoms with E-state index in [2.05, 4.69) is 0 Å². The lowest BCUT2D eigenvalue weighted by Gasteiger charge is -2.25. The van der Waals surface area contributed by atoms with E-state index in [1.807, 2.05) is 5.32 Å². The summed E-state index contributed by atoms with van der Waals surface area (Å²) in [5.74, 6) is -0.758. The number of nitrogens with one attached hydrogen (secondary N) is 1. The van der Waals surface area contributed by atoms with E-state index in [1.54, 1.807) is 0 Å². The van der Waals surface area contributed by atoms with Crippen LogP contribution in [0.1, 0.15) is 8.29 Å². The molecule has 88 valence electrons. The highest BCUT2D eigenvalue weighted by molar-refractivity contribution is 5.77. The van der Waals surface area contributed by atoms with Crippen molar-refractivity contribution in [1.29, 1.82) is 0 Å². The third-order valence-electron chi connectivity index (χ3n) is 1.67. The fourth-order valence-corrected chi connectivity index (χ4v) is 0.879. The Morgan fingerprint density at radius 1 is 1.47 bits per heavy atom. The highest BCUT2D eigenvalue weighted by Crippen LogP contribution is 2.03. The Kier molecular flexibility index (Phi) is 5.19. The van der Waals surface area contributed by atoms with Crippen LogP contribution in [0.3, 0.4) is 0 Å². The molecule has 0 bridgehead atoms. The molecule has 5 N–H and O–H groups in total. The number of aldehydes is 1. The van der Waals surface area contributed by atoms with Gasteiger partial charge in [-0.25, -0.2) is 0 Å². The molecule has 1 amide bonds. The molecule has 4 atom stereocenters. The van der Waals surface area contributed by atoms with Gasteiger partial charge in [-0.3, -0.25) is 4.79 Å². The summed E-state index contributed by atoms with van der Waals surface area (Å²) < 4.78 is 7.40. The fourth-order valence-electron chi connectivity index (χ4n) is 0.879.